The van der Waals surface area contributed by atoms with Crippen molar-refractivity contribution in [2.45, 2.75) is 13.8 Å². The molecule has 2 aromatic carbocycles. The molecule has 3 aromatic rings. The van der Waals surface area contributed by atoms with Crippen molar-refractivity contribution in [3.05, 3.63) is 83.7 Å². The second-order valence-electron chi connectivity index (χ2n) is 7.45. The van der Waals surface area contributed by atoms with Crippen molar-refractivity contribution in [1.82, 2.24) is 9.88 Å². The second-order valence-corrected chi connectivity index (χ2v) is 7.45. The molecule has 1 aliphatic rings. The first-order valence-electron chi connectivity index (χ1n) is 9.99. The van der Waals surface area contributed by atoms with Crippen LogP contribution in [0.3, 0.4) is 0 Å². The molecule has 0 spiro atoms. The van der Waals surface area contributed by atoms with Gasteiger partial charge in [0.15, 0.2) is 0 Å². The van der Waals surface area contributed by atoms with Crippen LogP contribution in [-0.2, 0) is 0 Å². The normalized spacial score (nSPS) is 14.0. The first-order chi connectivity index (χ1) is 14.1. The standard InChI is InChI=1S/C24H26N4O/c1-18-7-6-10-23(19(18)2)27-11-13-28(14-12-27)24(29)20-15-22(17-25-16-20)26-21-8-4-3-5-9-21/h3-10,15-17,26H,11-14H2,1-2H3. The number of amides is 1. The summed E-state index contributed by atoms with van der Waals surface area (Å²) < 4.78 is 0. The Kier molecular flexibility index (Phi) is 5.47. The van der Waals surface area contributed by atoms with Gasteiger partial charge < -0.3 is 15.1 Å². The smallest absolute Gasteiger partial charge is 0.255 e. The Hall–Kier alpha value is -3.34. The summed E-state index contributed by atoms with van der Waals surface area (Å²) in [4.78, 5) is 21.6. The average Bonchev–Trinajstić information content (AvgIpc) is 2.76. The molecule has 148 valence electrons. The quantitative estimate of drug-likeness (QED) is 0.722. The lowest BCUT2D eigenvalue weighted by Gasteiger charge is -2.37. The molecule has 1 aromatic heterocycles. The number of para-hydroxylation sites is 1. The number of hydrogen-bond acceptors (Lipinski definition) is 4. The largest absolute Gasteiger partial charge is 0.368 e. The van der Waals surface area contributed by atoms with Gasteiger partial charge in [-0.15, -0.1) is 0 Å². The van der Waals surface area contributed by atoms with E-state index in [2.05, 4.69) is 47.2 Å². The molecule has 1 amide bonds. The average molecular weight is 386 g/mol. The van der Waals surface area contributed by atoms with Gasteiger partial charge in [0, 0.05) is 43.8 Å². The first-order valence-corrected chi connectivity index (χ1v) is 9.99. The molecule has 0 bridgehead atoms. The van der Waals surface area contributed by atoms with Crippen LogP contribution in [0, 0.1) is 13.8 Å². The zero-order chi connectivity index (χ0) is 20.2. The van der Waals surface area contributed by atoms with Gasteiger partial charge in [0.25, 0.3) is 5.91 Å². The van der Waals surface area contributed by atoms with Crippen molar-refractivity contribution in [2.75, 3.05) is 36.4 Å². The van der Waals surface area contributed by atoms with Crippen molar-refractivity contribution in [3.8, 4) is 0 Å². The van der Waals surface area contributed by atoms with E-state index in [1.54, 1.807) is 12.4 Å². The molecule has 5 nitrogen and oxygen atoms in total. The topological polar surface area (TPSA) is 48.5 Å². The lowest BCUT2D eigenvalue weighted by Crippen LogP contribution is -2.49. The maximum Gasteiger partial charge on any atom is 0.255 e. The molecular formula is C24H26N4O. The van der Waals surface area contributed by atoms with E-state index in [9.17, 15) is 4.79 Å². The maximum absolute atomic E-state index is 13.0. The number of rotatable bonds is 4. The van der Waals surface area contributed by atoms with Crippen LogP contribution >= 0.6 is 0 Å². The number of hydrogen-bond donors (Lipinski definition) is 1. The van der Waals surface area contributed by atoms with Crippen LogP contribution in [0.2, 0.25) is 0 Å². The zero-order valence-electron chi connectivity index (χ0n) is 16.9. The summed E-state index contributed by atoms with van der Waals surface area (Å²) in [6.07, 6.45) is 3.39. The number of aromatic nitrogens is 1. The highest BCUT2D eigenvalue weighted by atomic mass is 16.2. The first kappa shape index (κ1) is 19.0. The Balaban J connectivity index is 1.42. The van der Waals surface area contributed by atoms with Crippen LogP contribution in [0.1, 0.15) is 21.5 Å². The number of carbonyl (C=O) groups excluding carboxylic acids is 1. The van der Waals surface area contributed by atoms with E-state index < -0.39 is 0 Å². The Bertz CT molecular complexity index is 995. The number of anilines is 3. The van der Waals surface area contributed by atoms with E-state index in [0.29, 0.717) is 18.7 Å². The second kappa shape index (κ2) is 8.35. The van der Waals surface area contributed by atoms with Crippen molar-refractivity contribution in [2.24, 2.45) is 0 Å². The fourth-order valence-electron chi connectivity index (χ4n) is 3.72. The lowest BCUT2D eigenvalue weighted by molar-refractivity contribution is 0.0746. The summed E-state index contributed by atoms with van der Waals surface area (Å²) in [5.74, 6) is 0.0369. The van der Waals surface area contributed by atoms with Gasteiger partial charge in [-0.1, -0.05) is 30.3 Å². The van der Waals surface area contributed by atoms with Crippen LogP contribution in [-0.4, -0.2) is 42.0 Å². The van der Waals surface area contributed by atoms with Gasteiger partial charge in [-0.3, -0.25) is 9.78 Å². The lowest BCUT2D eigenvalue weighted by atomic mass is 10.1. The summed E-state index contributed by atoms with van der Waals surface area (Å²) in [5.41, 5.74) is 6.29. The highest BCUT2D eigenvalue weighted by molar-refractivity contribution is 5.95. The zero-order valence-corrected chi connectivity index (χ0v) is 16.9. The third-order valence-corrected chi connectivity index (χ3v) is 5.53. The van der Waals surface area contributed by atoms with Gasteiger partial charge >= 0.3 is 0 Å². The van der Waals surface area contributed by atoms with Gasteiger partial charge in [-0.2, -0.15) is 0 Å². The number of aryl methyl sites for hydroxylation is 1. The molecule has 2 heterocycles. The minimum atomic E-state index is 0.0369. The highest BCUT2D eigenvalue weighted by Gasteiger charge is 2.23. The van der Waals surface area contributed by atoms with Crippen LogP contribution in [0.5, 0.6) is 0 Å². The van der Waals surface area contributed by atoms with E-state index >= 15 is 0 Å². The Morgan fingerprint density at radius 2 is 1.66 bits per heavy atom. The number of piperazine rings is 1. The van der Waals surface area contributed by atoms with Crippen LogP contribution < -0.4 is 10.2 Å². The molecule has 0 saturated carbocycles. The highest BCUT2D eigenvalue weighted by Crippen LogP contribution is 2.24. The fraction of sp³-hybridized carbons (Fsp3) is 0.250. The predicted octanol–water partition coefficient (Wildman–Crippen LogP) is 4.40. The van der Waals surface area contributed by atoms with E-state index in [0.717, 1.165) is 24.5 Å². The van der Waals surface area contributed by atoms with Crippen molar-refractivity contribution in [3.63, 3.8) is 0 Å². The van der Waals surface area contributed by atoms with Crippen molar-refractivity contribution >= 4 is 23.0 Å². The molecular weight excluding hydrogens is 360 g/mol. The molecule has 1 saturated heterocycles. The van der Waals surface area contributed by atoms with E-state index in [1.807, 2.05) is 41.3 Å². The molecule has 1 fully saturated rings. The van der Waals surface area contributed by atoms with E-state index in [4.69, 9.17) is 0 Å². The molecule has 0 radical (unpaired) electrons. The van der Waals surface area contributed by atoms with Gasteiger partial charge in [0.1, 0.15) is 0 Å². The Morgan fingerprint density at radius 1 is 0.897 bits per heavy atom. The summed E-state index contributed by atoms with van der Waals surface area (Å²) >= 11 is 0. The fourth-order valence-corrected chi connectivity index (χ4v) is 3.72. The van der Waals surface area contributed by atoms with Crippen molar-refractivity contribution < 1.29 is 4.79 Å². The molecule has 29 heavy (non-hydrogen) atoms. The minimum absolute atomic E-state index is 0.0369. The Morgan fingerprint density at radius 3 is 2.41 bits per heavy atom. The summed E-state index contributed by atoms with van der Waals surface area (Å²) in [5, 5.41) is 3.30. The van der Waals surface area contributed by atoms with Crippen LogP contribution in [0.15, 0.2) is 67.0 Å². The molecule has 1 aliphatic heterocycles. The number of nitrogens with zero attached hydrogens (tertiary/aromatic N) is 3. The third-order valence-electron chi connectivity index (χ3n) is 5.53. The number of nitrogens with one attached hydrogen (secondary N) is 1. The van der Waals surface area contributed by atoms with Gasteiger partial charge in [-0.25, -0.2) is 0 Å². The van der Waals surface area contributed by atoms with Gasteiger partial charge in [0.2, 0.25) is 0 Å². The van der Waals surface area contributed by atoms with Gasteiger partial charge in [0.05, 0.1) is 17.4 Å². The SMILES string of the molecule is Cc1cccc(N2CCN(C(=O)c3cncc(Nc4ccccc4)c3)CC2)c1C. The van der Waals surface area contributed by atoms with Gasteiger partial charge in [-0.05, 0) is 49.2 Å². The third kappa shape index (κ3) is 4.24. The number of benzene rings is 2. The summed E-state index contributed by atoms with van der Waals surface area (Å²) in [7, 11) is 0. The van der Waals surface area contributed by atoms with Crippen LogP contribution in [0.4, 0.5) is 17.1 Å². The molecule has 0 unspecified atom stereocenters. The number of carbonyl (C=O) groups is 1. The molecule has 1 N–H and O–H groups in total. The molecule has 0 aliphatic carbocycles. The van der Waals surface area contributed by atoms with Crippen LogP contribution in [0.25, 0.3) is 0 Å². The van der Waals surface area contributed by atoms with Crippen molar-refractivity contribution in [1.29, 1.82) is 0 Å². The summed E-state index contributed by atoms with van der Waals surface area (Å²) in [6.45, 7) is 7.41. The Labute approximate surface area is 172 Å². The molecule has 0 atom stereocenters. The maximum atomic E-state index is 13.0. The monoisotopic (exact) mass is 386 g/mol. The van der Waals surface area contributed by atoms with E-state index in [-0.39, 0.29) is 5.91 Å². The molecule has 4 rings (SSSR count). The van der Waals surface area contributed by atoms with E-state index in [1.165, 1.54) is 16.8 Å². The minimum Gasteiger partial charge on any atom is -0.368 e. The predicted molar refractivity (Wildman–Crippen MR) is 118 cm³/mol. The molecule has 5 heteroatoms. The summed E-state index contributed by atoms with van der Waals surface area (Å²) in [6, 6.07) is 18.2. The number of pyridine rings is 1.